The van der Waals surface area contributed by atoms with Crippen molar-refractivity contribution in [2.45, 2.75) is 6.92 Å². The van der Waals surface area contributed by atoms with Gasteiger partial charge in [-0.05, 0) is 71.5 Å². The number of carbonyl (C=O) groups is 1. The highest BCUT2D eigenvalue weighted by Crippen LogP contribution is 2.26. The number of carbonyl (C=O) groups excluding carboxylic acids is 1. The molecule has 0 saturated carbocycles. The van der Waals surface area contributed by atoms with Crippen LogP contribution in [0.2, 0.25) is 0 Å². The summed E-state index contributed by atoms with van der Waals surface area (Å²) in [5.74, 6) is -0.245. The monoisotopic (exact) mass is 474 g/mol. The first-order valence-corrected chi connectivity index (χ1v) is 8.90. The SMILES string of the molecule is CCOc1ccc(C(=O)NC(=S)Nc2ccc(Br)cc2F)cc1Br. The van der Waals surface area contributed by atoms with Crippen molar-refractivity contribution >= 4 is 60.8 Å². The third-order valence-electron chi connectivity index (χ3n) is 2.90. The number of halogens is 3. The number of hydrogen-bond donors (Lipinski definition) is 2. The van der Waals surface area contributed by atoms with Crippen LogP contribution < -0.4 is 15.4 Å². The fourth-order valence-electron chi connectivity index (χ4n) is 1.83. The first-order chi connectivity index (χ1) is 11.4. The van der Waals surface area contributed by atoms with Crippen molar-refractivity contribution in [1.29, 1.82) is 0 Å². The Morgan fingerprint density at radius 2 is 2.00 bits per heavy atom. The third-order valence-corrected chi connectivity index (χ3v) is 4.22. The molecule has 24 heavy (non-hydrogen) atoms. The molecule has 0 aliphatic rings. The van der Waals surface area contributed by atoms with Crippen molar-refractivity contribution in [3.63, 3.8) is 0 Å². The Morgan fingerprint density at radius 3 is 2.62 bits per heavy atom. The molecule has 0 unspecified atom stereocenters. The van der Waals surface area contributed by atoms with Crippen LogP contribution in [0.1, 0.15) is 17.3 Å². The highest BCUT2D eigenvalue weighted by molar-refractivity contribution is 9.10. The van der Waals surface area contributed by atoms with E-state index >= 15 is 0 Å². The first kappa shape index (κ1) is 18.8. The second-order valence-electron chi connectivity index (χ2n) is 4.61. The zero-order chi connectivity index (χ0) is 17.7. The van der Waals surface area contributed by atoms with E-state index in [9.17, 15) is 9.18 Å². The van der Waals surface area contributed by atoms with Crippen LogP contribution in [0.4, 0.5) is 10.1 Å². The maximum Gasteiger partial charge on any atom is 0.257 e. The minimum Gasteiger partial charge on any atom is -0.493 e. The Labute approximate surface area is 161 Å². The van der Waals surface area contributed by atoms with Crippen LogP contribution in [-0.4, -0.2) is 17.6 Å². The van der Waals surface area contributed by atoms with Crippen molar-refractivity contribution < 1.29 is 13.9 Å². The summed E-state index contributed by atoms with van der Waals surface area (Å²) in [5.41, 5.74) is 0.571. The van der Waals surface area contributed by atoms with Crippen LogP contribution in [0.15, 0.2) is 45.3 Å². The highest BCUT2D eigenvalue weighted by Gasteiger charge is 2.12. The molecule has 2 rings (SSSR count). The molecule has 0 saturated heterocycles. The molecule has 2 aromatic carbocycles. The van der Waals surface area contributed by atoms with Crippen molar-refractivity contribution in [1.82, 2.24) is 5.32 Å². The Hall–Kier alpha value is -1.51. The minimum atomic E-state index is -0.482. The molecule has 0 aliphatic carbocycles. The summed E-state index contributed by atoms with van der Waals surface area (Å²) in [6, 6.07) is 9.42. The molecule has 0 spiro atoms. The van der Waals surface area contributed by atoms with Crippen LogP contribution >= 0.6 is 44.1 Å². The summed E-state index contributed by atoms with van der Waals surface area (Å²) in [4.78, 5) is 12.2. The van der Waals surface area contributed by atoms with E-state index in [-0.39, 0.29) is 10.8 Å². The third kappa shape index (κ3) is 4.99. The standard InChI is InChI=1S/C16H13Br2FN2O2S/c1-2-23-14-6-3-9(7-11(14)18)15(22)21-16(24)20-13-5-4-10(17)8-12(13)19/h3-8H,2H2,1H3,(H2,20,21,22,24). The predicted octanol–water partition coefficient (Wildman–Crippen LogP) is 4.88. The first-order valence-electron chi connectivity index (χ1n) is 6.90. The van der Waals surface area contributed by atoms with Crippen LogP contribution in [0, 0.1) is 5.82 Å². The number of amides is 1. The van der Waals surface area contributed by atoms with Gasteiger partial charge in [0.05, 0.1) is 16.8 Å². The van der Waals surface area contributed by atoms with Gasteiger partial charge >= 0.3 is 0 Å². The summed E-state index contributed by atoms with van der Waals surface area (Å²) in [7, 11) is 0. The molecule has 0 heterocycles. The van der Waals surface area contributed by atoms with E-state index in [1.165, 1.54) is 12.1 Å². The second kappa shape index (κ2) is 8.55. The topological polar surface area (TPSA) is 50.4 Å². The van der Waals surface area contributed by atoms with E-state index in [0.717, 1.165) is 0 Å². The van der Waals surface area contributed by atoms with Gasteiger partial charge in [0.25, 0.3) is 5.91 Å². The summed E-state index contributed by atoms with van der Waals surface area (Å²) in [6.07, 6.45) is 0. The molecule has 0 aromatic heterocycles. The number of benzene rings is 2. The fraction of sp³-hybridized carbons (Fsp3) is 0.125. The molecule has 0 bridgehead atoms. The van der Waals surface area contributed by atoms with Crippen molar-refractivity contribution in [3.05, 3.63) is 56.7 Å². The van der Waals surface area contributed by atoms with E-state index in [1.807, 2.05) is 6.92 Å². The van der Waals surface area contributed by atoms with Crippen LogP contribution in [0.25, 0.3) is 0 Å². The largest absolute Gasteiger partial charge is 0.493 e. The maximum absolute atomic E-state index is 13.8. The second-order valence-corrected chi connectivity index (χ2v) is 6.79. The van der Waals surface area contributed by atoms with Gasteiger partial charge in [-0.2, -0.15) is 0 Å². The Bertz CT molecular complexity index is 787. The van der Waals surface area contributed by atoms with Gasteiger partial charge in [0.15, 0.2) is 5.11 Å². The molecule has 1 amide bonds. The molecule has 2 N–H and O–H groups in total. The lowest BCUT2D eigenvalue weighted by Gasteiger charge is -2.11. The number of rotatable bonds is 4. The fourth-order valence-corrected chi connectivity index (χ4v) is 2.86. The van der Waals surface area contributed by atoms with E-state index in [4.69, 9.17) is 17.0 Å². The zero-order valence-corrected chi connectivity index (χ0v) is 16.5. The van der Waals surface area contributed by atoms with Crippen molar-refractivity contribution in [2.75, 3.05) is 11.9 Å². The molecular weight excluding hydrogens is 463 g/mol. The molecule has 0 radical (unpaired) electrons. The van der Waals surface area contributed by atoms with Crippen molar-refractivity contribution in [3.8, 4) is 5.75 Å². The molecule has 8 heteroatoms. The van der Waals surface area contributed by atoms with Gasteiger partial charge in [0.1, 0.15) is 11.6 Å². The van der Waals surface area contributed by atoms with Gasteiger partial charge in [-0.3, -0.25) is 10.1 Å². The highest BCUT2D eigenvalue weighted by atomic mass is 79.9. The molecule has 0 aliphatic heterocycles. The Balaban J connectivity index is 2.03. The summed E-state index contributed by atoms with van der Waals surface area (Å²) < 4.78 is 20.4. The van der Waals surface area contributed by atoms with Crippen LogP contribution in [0.5, 0.6) is 5.75 Å². The van der Waals surface area contributed by atoms with Gasteiger partial charge in [-0.15, -0.1) is 0 Å². The smallest absolute Gasteiger partial charge is 0.257 e. The summed E-state index contributed by atoms with van der Waals surface area (Å²) in [6.45, 7) is 2.40. The van der Waals surface area contributed by atoms with E-state index in [1.54, 1.807) is 24.3 Å². The van der Waals surface area contributed by atoms with E-state index in [2.05, 4.69) is 42.5 Å². The molecule has 4 nitrogen and oxygen atoms in total. The average Bonchev–Trinajstić information content (AvgIpc) is 2.52. The summed E-state index contributed by atoms with van der Waals surface area (Å²) >= 11 is 11.6. The molecule has 0 fully saturated rings. The van der Waals surface area contributed by atoms with Gasteiger partial charge in [-0.1, -0.05) is 15.9 Å². The number of ether oxygens (including phenoxy) is 1. The zero-order valence-electron chi connectivity index (χ0n) is 12.5. The number of anilines is 1. The lowest BCUT2D eigenvalue weighted by Crippen LogP contribution is -2.34. The van der Waals surface area contributed by atoms with Gasteiger partial charge in [0.2, 0.25) is 0 Å². The Morgan fingerprint density at radius 1 is 1.25 bits per heavy atom. The van der Waals surface area contributed by atoms with Gasteiger partial charge in [-0.25, -0.2) is 4.39 Å². The van der Waals surface area contributed by atoms with E-state index < -0.39 is 11.7 Å². The normalized spacial score (nSPS) is 10.2. The van der Waals surface area contributed by atoms with E-state index in [0.29, 0.717) is 26.9 Å². The Kier molecular flexibility index (Phi) is 6.70. The van der Waals surface area contributed by atoms with Crippen LogP contribution in [0.3, 0.4) is 0 Å². The summed E-state index contributed by atoms with van der Waals surface area (Å²) in [5, 5.41) is 5.16. The molecule has 0 atom stereocenters. The molecule has 126 valence electrons. The average molecular weight is 476 g/mol. The molecular formula is C16H13Br2FN2O2S. The minimum absolute atomic E-state index is 0.00577. The lowest BCUT2D eigenvalue weighted by molar-refractivity contribution is 0.0977. The quantitative estimate of drug-likeness (QED) is 0.619. The maximum atomic E-state index is 13.8. The van der Waals surface area contributed by atoms with Crippen molar-refractivity contribution in [2.24, 2.45) is 0 Å². The predicted molar refractivity (Wildman–Crippen MR) is 103 cm³/mol. The van der Waals surface area contributed by atoms with Gasteiger partial charge < -0.3 is 10.1 Å². The lowest BCUT2D eigenvalue weighted by atomic mass is 10.2. The van der Waals surface area contributed by atoms with Crippen LogP contribution in [-0.2, 0) is 0 Å². The number of thiocarbonyl (C=S) groups is 1. The number of hydrogen-bond acceptors (Lipinski definition) is 3. The van der Waals surface area contributed by atoms with Gasteiger partial charge in [0, 0.05) is 10.0 Å². The number of nitrogens with one attached hydrogen (secondary N) is 2. The molecule has 2 aromatic rings.